The van der Waals surface area contributed by atoms with E-state index in [1.165, 1.54) is 45.2 Å². The summed E-state index contributed by atoms with van der Waals surface area (Å²) in [6, 6.07) is 0. The van der Waals surface area contributed by atoms with Crippen molar-refractivity contribution in [1.82, 2.24) is 5.32 Å². The molecule has 0 unspecified atom stereocenters. The first-order valence-electron chi connectivity index (χ1n) is 4.67. The minimum Gasteiger partial charge on any atom is -0.316 e. The number of rotatable bonds is 0. The molecule has 1 saturated carbocycles. The Balaban J connectivity index is 1.95. The van der Waals surface area contributed by atoms with Gasteiger partial charge in [-0.3, -0.25) is 0 Å². The molecule has 1 saturated heterocycles. The molecule has 0 aromatic heterocycles. The quantitative estimate of drug-likeness (QED) is 0.539. The summed E-state index contributed by atoms with van der Waals surface area (Å²) < 4.78 is 0. The summed E-state index contributed by atoms with van der Waals surface area (Å²) >= 11 is 0. The van der Waals surface area contributed by atoms with Crippen molar-refractivity contribution >= 4 is 0 Å². The molecule has 1 aliphatic carbocycles. The van der Waals surface area contributed by atoms with Gasteiger partial charge in [0.25, 0.3) is 0 Å². The van der Waals surface area contributed by atoms with Crippen molar-refractivity contribution in [3.05, 3.63) is 0 Å². The van der Waals surface area contributed by atoms with E-state index in [0.29, 0.717) is 0 Å². The highest BCUT2D eigenvalue weighted by Crippen LogP contribution is 2.30. The van der Waals surface area contributed by atoms with E-state index in [2.05, 4.69) is 5.32 Å². The van der Waals surface area contributed by atoms with Gasteiger partial charge in [-0.2, -0.15) is 0 Å². The van der Waals surface area contributed by atoms with Crippen molar-refractivity contribution in [2.45, 2.75) is 32.1 Å². The maximum atomic E-state index is 3.49. The molecule has 1 heteroatoms. The predicted octanol–water partition coefficient (Wildman–Crippen LogP) is 1.79. The first-order chi connectivity index (χ1) is 4.97. The smallest absolute Gasteiger partial charge is 0.00173 e. The van der Waals surface area contributed by atoms with Gasteiger partial charge in [-0.25, -0.2) is 0 Å². The number of nitrogens with one attached hydrogen (secondary N) is 1. The highest BCUT2D eigenvalue weighted by molar-refractivity contribution is 4.82. The molecule has 0 radical (unpaired) electrons. The highest BCUT2D eigenvalue weighted by atomic mass is 14.9. The lowest BCUT2D eigenvalue weighted by Gasteiger charge is -2.12. The van der Waals surface area contributed by atoms with E-state index in [9.17, 15) is 0 Å². The van der Waals surface area contributed by atoms with E-state index in [1.807, 2.05) is 0 Å². The molecule has 2 atom stereocenters. The standard InChI is InChI=1S/C9H17N/c1-2-4-8-6-10-7-9(8)5-3-1/h8-10H,1-7H2/t8-,9-/m1/s1. The van der Waals surface area contributed by atoms with Gasteiger partial charge in [-0.05, 0) is 37.8 Å². The second kappa shape index (κ2) is 2.91. The molecule has 0 bridgehead atoms. The number of hydrogen-bond acceptors (Lipinski definition) is 1. The summed E-state index contributed by atoms with van der Waals surface area (Å²) in [5.74, 6) is 2.09. The molecule has 2 fully saturated rings. The summed E-state index contributed by atoms with van der Waals surface area (Å²) in [5, 5.41) is 3.49. The topological polar surface area (TPSA) is 12.0 Å². The van der Waals surface area contributed by atoms with Crippen LogP contribution in [0, 0.1) is 11.8 Å². The average Bonchev–Trinajstić information content (AvgIpc) is 2.28. The molecule has 1 nitrogen and oxygen atoms in total. The molecule has 1 aliphatic heterocycles. The van der Waals surface area contributed by atoms with Crippen LogP contribution in [0.3, 0.4) is 0 Å². The molecular formula is C9H17N. The van der Waals surface area contributed by atoms with Crippen molar-refractivity contribution in [2.24, 2.45) is 11.8 Å². The van der Waals surface area contributed by atoms with Crippen molar-refractivity contribution < 1.29 is 0 Å². The Kier molecular flexibility index (Phi) is 1.94. The second-order valence-electron chi connectivity index (χ2n) is 3.82. The third-order valence-corrected chi connectivity index (χ3v) is 3.13. The molecule has 58 valence electrons. The van der Waals surface area contributed by atoms with Gasteiger partial charge in [0.15, 0.2) is 0 Å². The lowest BCUT2D eigenvalue weighted by atomic mass is 9.92. The molecule has 0 aromatic carbocycles. The molecule has 0 spiro atoms. The Bertz CT molecular complexity index is 99.3. The van der Waals surface area contributed by atoms with Crippen LogP contribution in [0.1, 0.15) is 32.1 Å². The van der Waals surface area contributed by atoms with Crippen LogP contribution in [0.25, 0.3) is 0 Å². The Hall–Kier alpha value is -0.0400. The van der Waals surface area contributed by atoms with Gasteiger partial charge in [0.05, 0.1) is 0 Å². The van der Waals surface area contributed by atoms with Gasteiger partial charge in [0.2, 0.25) is 0 Å². The fraction of sp³-hybridized carbons (Fsp3) is 1.00. The Morgan fingerprint density at radius 1 is 0.800 bits per heavy atom. The summed E-state index contributed by atoms with van der Waals surface area (Å²) in [4.78, 5) is 0. The minimum absolute atomic E-state index is 1.04. The zero-order valence-corrected chi connectivity index (χ0v) is 6.60. The fourth-order valence-electron chi connectivity index (χ4n) is 2.45. The lowest BCUT2D eigenvalue weighted by Crippen LogP contribution is -2.09. The van der Waals surface area contributed by atoms with E-state index in [4.69, 9.17) is 0 Å². The summed E-state index contributed by atoms with van der Waals surface area (Å²) in [7, 11) is 0. The minimum atomic E-state index is 1.04. The molecule has 0 amide bonds. The Morgan fingerprint density at radius 3 is 2.00 bits per heavy atom. The van der Waals surface area contributed by atoms with Crippen LogP contribution < -0.4 is 5.32 Å². The van der Waals surface area contributed by atoms with E-state index < -0.39 is 0 Å². The van der Waals surface area contributed by atoms with E-state index >= 15 is 0 Å². The SMILES string of the molecule is C1CC[C@@H]2CNC[C@H]2CC1. The van der Waals surface area contributed by atoms with Crippen LogP contribution in [0.5, 0.6) is 0 Å². The maximum Gasteiger partial charge on any atom is -0.00173 e. The highest BCUT2D eigenvalue weighted by Gasteiger charge is 2.27. The molecular weight excluding hydrogens is 122 g/mol. The van der Waals surface area contributed by atoms with Crippen LogP contribution in [-0.4, -0.2) is 13.1 Å². The molecule has 2 aliphatic rings. The number of hydrogen-bond donors (Lipinski definition) is 1. The summed E-state index contributed by atoms with van der Waals surface area (Å²) in [6.07, 6.45) is 7.47. The lowest BCUT2D eigenvalue weighted by molar-refractivity contribution is 0.397. The van der Waals surface area contributed by atoms with E-state index in [-0.39, 0.29) is 0 Å². The van der Waals surface area contributed by atoms with Crippen molar-refractivity contribution in [3.63, 3.8) is 0 Å². The zero-order chi connectivity index (χ0) is 6.81. The van der Waals surface area contributed by atoms with Gasteiger partial charge in [0, 0.05) is 0 Å². The molecule has 1 N–H and O–H groups in total. The van der Waals surface area contributed by atoms with Crippen LogP contribution in [-0.2, 0) is 0 Å². The van der Waals surface area contributed by atoms with Gasteiger partial charge in [-0.1, -0.05) is 19.3 Å². The van der Waals surface area contributed by atoms with Crippen LogP contribution >= 0.6 is 0 Å². The third-order valence-electron chi connectivity index (χ3n) is 3.13. The predicted molar refractivity (Wildman–Crippen MR) is 42.9 cm³/mol. The van der Waals surface area contributed by atoms with Gasteiger partial charge >= 0.3 is 0 Å². The van der Waals surface area contributed by atoms with Crippen molar-refractivity contribution in [2.75, 3.05) is 13.1 Å². The first-order valence-corrected chi connectivity index (χ1v) is 4.67. The molecule has 10 heavy (non-hydrogen) atoms. The Labute approximate surface area is 63.2 Å². The number of fused-ring (bicyclic) bond motifs is 1. The van der Waals surface area contributed by atoms with Crippen LogP contribution in [0.2, 0.25) is 0 Å². The monoisotopic (exact) mass is 139 g/mol. The Morgan fingerprint density at radius 2 is 1.40 bits per heavy atom. The maximum absolute atomic E-state index is 3.49. The average molecular weight is 139 g/mol. The van der Waals surface area contributed by atoms with Crippen LogP contribution in [0.4, 0.5) is 0 Å². The van der Waals surface area contributed by atoms with Crippen molar-refractivity contribution in [1.29, 1.82) is 0 Å². The normalized spacial score (nSPS) is 40.8. The summed E-state index contributed by atoms with van der Waals surface area (Å²) in [5.41, 5.74) is 0. The zero-order valence-electron chi connectivity index (χ0n) is 6.60. The van der Waals surface area contributed by atoms with Gasteiger partial charge in [0.1, 0.15) is 0 Å². The molecule has 0 aromatic rings. The molecule has 2 rings (SSSR count). The second-order valence-corrected chi connectivity index (χ2v) is 3.82. The van der Waals surface area contributed by atoms with Gasteiger partial charge < -0.3 is 5.32 Å². The van der Waals surface area contributed by atoms with Crippen LogP contribution in [0.15, 0.2) is 0 Å². The first kappa shape index (κ1) is 6.66. The summed E-state index contributed by atoms with van der Waals surface area (Å²) in [6.45, 7) is 2.62. The van der Waals surface area contributed by atoms with Crippen molar-refractivity contribution in [3.8, 4) is 0 Å². The van der Waals surface area contributed by atoms with Gasteiger partial charge in [-0.15, -0.1) is 0 Å². The molecule has 1 heterocycles. The fourth-order valence-corrected chi connectivity index (χ4v) is 2.45. The van der Waals surface area contributed by atoms with E-state index in [0.717, 1.165) is 11.8 Å². The van der Waals surface area contributed by atoms with E-state index in [1.54, 1.807) is 0 Å². The largest absolute Gasteiger partial charge is 0.316 e. The third kappa shape index (κ3) is 1.20.